The van der Waals surface area contributed by atoms with Crippen molar-refractivity contribution in [2.75, 3.05) is 0 Å². The van der Waals surface area contributed by atoms with Crippen LogP contribution in [0.15, 0.2) is 170 Å². The van der Waals surface area contributed by atoms with Gasteiger partial charge in [0.15, 0.2) is 0 Å². The van der Waals surface area contributed by atoms with Crippen LogP contribution < -0.4 is 0 Å². The van der Waals surface area contributed by atoms with E-state index in [1.807, 2.05) is 0 Å². The molecule has 11 aromatic rings. The van der Waals surface area contributed by atoms with Gasteiger partial charge >= 0.3 is 0 Å². The third-order valence-corrected chi connectivity index (χ3v) is 12.1. The first-order chi connectivity index (χ1) is 27.1. The first kappa shape index (κ1) is 30.4. The molecule has 3 heterocycles. The zero-order valence-corrected chi connectivity index (χ0v) is 30.5. The lowest BCUT2D eigenvalue weighted by molar-refractivity contribution is 0.660. The molecule has 4 heteroatoms. The molecular formula is C51H34N4. The highest BCUT2D eigenvalue weighted by Gasteiger charge is 2.37. The first-order valence-corrected chi connectivity index (χ1v) is 19.0. The molecule has 1 aliphatic carbocycles. The van der Waals surface area contributed by atoms with Gasteiger partial charge in [-0.2, -0.15) is 0 Å². The fourth-order valence-corrected chi connectivity index (χ4v) is 9.64. The van der Waals surface area contributed by atoms with E-state index in [4.69, 9.17) is 9.97 Å². The number of hydrogen-bond acceptors (Lipinski definition) is 2. The van der Waals surface area contributed by atoms with Gasteiger partial charge in [0.2, 0.25) is 5.95 Å². The predicted molar refractivity (Wildman–Crippen MR) is 229 cm³/mol. The van der Waals surface area contributed by atoms with Crippen LogP contribution in [0.2, 0.25) is 0 Å². The van der Waals surface area contributed by atoms with E-state index in [1.54, 1.807) is 0 Å². The van der Waals surface area contributed by atoms with Gasteiger partial charge in [-0.15, -0.1) is 0 Å². The molecule has 12 rings (SSSR count). The van der Waals surface area contributed by atoms with Crippen molar-refractivity contribution in [2.24, 2.45) is 0 Å². The lowest BCUT2D eigenvalue weighted by Gasteiger charge is -2.21. The number of aromatic nitrogens is 4. The monoisotopic (exact) mass is 702 g/mol. The van der Waals surface area contributed by atoms with Crippen LogP contribution in [-0.2, 0) is 5.41 Å². The Balaban J connectivity index is 1.15. The molecule has 0 saturated carbocycles. The van der Waals surface area contributed by atoms with E-state index in [1.165, 1.54) is 65.9 Å². The van der Waals surface area contributed by atoms with Crippen LogP contribution in [0.3, 0.4) is 0 Å². The summed E-state index contributed by atoms with van der Waals surface area (Å²) in [6.07, 6.45) is 0. The van der Waals surface area contributed by atoms with Gasteiger partial charge < -0.3 is 4.57 Å². The van der Waals surface area contributed by atoms with Crippen LogP contribution in [0.25, 0.3) is 99.3 Å². The third kappa shape index (κ3) is 4.11. The standard InChI is InChI=1S/C51H34N4/c1-51(2)40-22-8-3-19-35(40)48-37(21-14-23-41(48)51)49-36-20-4-9-24-42(36)52-50(53-49)55-45-27-12-7-18-34(45)39-30-38-31(29-47(39)55)15-13-28-46(38)54-43-25-10-5-16-32(43)33-17-6-11-26-44(33)54/h3-30H,1-2H3. The smallest absolute Gasteiger partial charge is 0.235 e. The van der Waals surface area contributed by atoms with Gasteiger partial charge in [-0.1, -0.05) is 141 Å². The Morgan fingerprint density at radius 1 is 0.418 bits per heavy atom. The third-order valence-electron chi connectivity index (χ3n) is 12.1. The highest BCUT2D eigenvalue weighted by Crippen LogP contribution is 2.52. The van der Waals surface area contributed by atoms with Crippen LogP contribution in [0, 0.1) is 0 Å². The van der Waals surface area contributed by atoms with E-state index in [0.717, 1.165) is 38.6 Å². The molecule has 1 aliphatic rings. The molecule has 0 saturated heterocycles. The van der Waals surface area contributed by atoms with E-state index in [2.05, 4.69) is 193 Å². The summed E-state index contributed by atoms with van der Waals surface area (Å²) in [6.45, 7) is 4.67. The minimum absolute atomic E-state index is 0.112. The van der Waals surface area contributed by atoms with E-state index >= 15 is 0 Å². The Morgan fingerprint density at radius 3 is 1.76 bits per heavy atom. The number of rotatable bonds is 3. The Labute approximate surface area is 317 Å². The maximum absolute atomic E-state index is 5.57. The van der Waals surface area contributed by atoms with Crippen molar-refractivity contribution in [3.8, 4) is 34.0 Å². The van der Waals surface area contributed by atoms with E-state index in [0.29, 0.717) is 5.95 Å². The minimum atomic E-state index is -0.112. The summed E-state index contributed by atoms with van der Waals surface area (Å²) in [5, 5.41) is 8.27. The molecule has 4 nitrogen and oxygen atoms in total. The summed E-state index contributed by atoms with van der Waals surface area (Å²) in [4.78, 5) is 10.9. The van der Waals surface area contributed by atoms with E-state index in [-0.39, 0.29) is 5.41 Å². The molecule has 258 valence electrons. The molecule has 0 N–H and O–H groups in total. The van der Waals surface area contributed by atoms with Gasteiger partial charge in [-0.05, 0) is 70.1 Å². The van der Waals surface area contributed by atoms with Gasteiger partial charge in [0, 0.05) is 43.3 Å². The van der Waals surface area contributed by atoms with Crippen LogP contribution in [0.4, 0.5) is 0 Å². The van der Waals surface area contributed by atoms with Gasteiger partial charge in [-0.3, -0.25) is 4.57 Å². The molecule has 0 spiro atoms. The molecule has 3 aromatic heterocycles. The van der Waals surface area contributed by atoms with E-state index in [9.17, 15) is 0 Å². The SMILES string of the molecule is CC1(C)c2ccccc2-c2c(-c3nc(-n4c5ccccc5c5cc6c(-n7c8ccccc8c8ccccc87)cccc6cc54)nc4ccccc34)cccc21. The Hall–Kier alpha value is -7.04. The Kier molecular flexibility index (Phi) is 6.09. The number of hydrogen-bond donors (Lipinski definition) is 0. The van der Waals surface area contributed by atoms with Crippen LogP contribution >= 0.6 is 0 Å². The molecule has 0 atom stereocenters. The van der Waals surface area contributed by atoms with Crippen LogP contribution in [0.1, 0.15) is 25.0 Å². The Bertz CT molecular complexity index is 3360. The molecule has 0 radical (unpaired) electrons. The van der Waals surface area contributed by atoms with Crippen LogP contribution in [-0.4, -0.2) is 19.1 Å². The summed E-state index contributed by atoms with van der Waals surface area (Å²) in [6, 6.07) is 61.5. The fourth-order valence-electron chi connectivity index (χ4n) is 9.64. The van der Waals surface area contributed by atoms with Gasteiger partial charge in [0.1, 0.15) is 0 Å². The number of para-hydroxylation sites is 4. The molecule has 0 fully saturated rings. The molecule has 0 aliphatic heterocycles. The maximum atomic E-state index is 5.57. The highest BCUT2D eigenvalue weighted by molar-refractivity contribution is 6.16. The van der Waals surface area contributed by atoms with Crippen molar-refractivity contribution in [1.82, 2.24) is 19.1 Å². The second-order valence-corrected chi connectivity index (χ2v) is 15.4. The maximum Gasteiger partial charge on any atom is 0.235 e. The van der Waals surface area contributed by atoms with Gasteiger partial charge in [-0.25, -0.2) is 9.97 Å². The topological polar surface area (TPSA) is 35.6 Å². The fraction of sp³-hybridized carbons (Fsp3) is 0.0588. The summed E-state index contributed by atoms with van der Waals surface area (Å²) >= 11 is 0. The largest absolute Gasteiger partial charge is 0.309 e. The summed E-state index contributed by atoms with van der Waals surface area (Å²) < 4.78 is 4.70. The lowest BCUT2D eigenvalue weighted by Crippen LogP contribution is -2.14. The number of benzene rings is 8. The molecule has 55 heavy (non-hydrogen) atoms. The van der Waals surface area contributed by atoms with Crippen molar-refractivity contribution in [3.05, 3.63) is 181 Å². The molecule has 0 bridgehead atoms. The second-order valence-electron chi connectivity index (χ2n) is 15.4. The number of nitrogens with zero attached hydrogens (tertiary/aromatic N) is 4. The summed E-state index contributed by atoms with van der Waals surface area (Å²) in [5.74, 6) is 0.668. The minimum Gasteiger partial charge on any atom is -0.309 e. The molecule has 8 aromatic carbocycles. The van der Waals surface area contributed by atoms with Crippen molar-refractivity contribution >= 4 is 65.3 Å². The summed E-state index contributed by atoms with van der Waals surface area (Å²) in [7, 11) is 0. The zero-order chi connectivity index (χ0) is 36.4. The van der Waals surface area contributed by atoms with Crippen molar-refractivity contribution in [2.45, 2.75) is 19.3 Å². The Morgan fingerprint density at radius 2 is 1.00 bits per heavy atom. The number of fused-ring (bicyclic) bond motifs is 11. The van der Waals surface area contributed by atoms with Crippen LogP contribution in [0.5, 0.6) is 0 Å². The van der Waals surface area contributed by atoms with Gasteiger partial charge in [0.25, 0.3) is 0 Å². The second kappa shape index (κ2) is 11.0. The van der Waals surface area contributed by atoms with Gasteiger partial charge in [0.05, 0.1) is 39.0 Å². The molecule has 0 amide bonds. The molecule has 0 unspecified atom stereocenters. The average Bonchev–Trinajstić information content (AvgIpc) is 3.82. The average molecular weight is 703 g/mol. The zero-order valence-electron chi connectivity index (χ0n) is 30.5. The summed E-state index contributed by atoms with van der Waals surface area (Å²) in [5.41, 5.74) is 13.9. The molecular weight excluding hydrogens is 669 g/mol. The highest BCUT2D eigenvalue weighted by atomic mass is 15.2. The first-order valence-electron chi connectivity index (χ1n) is 19.0. The predicted octanol–water partition coefficient (Wildman–Crippen LogP) is 13.0. The van der Waals surface area contributed by atoms with Crippen molar-refractivity contribution in [3.63, 3.8) is 0 Å². The normalized spacial score (nSPS) is 13.4. The van der Waals surface area contributed by atoms with Crippen molar-refractivity contribution < 1.29 is 0 Å². The van der Waals surface area contributed by atoms with E-state index < -0.39 is 0 Å². The lowest BCUT2D eigenvalue weighted by atomic mass is 9.82. The quantitative estimate of drug-likeness (QED) is 0.184. The van der Waals surface area contributed by atoms with Crippen molar-refractivity contribution in [1.29, 1.82) is 0 Å².